The SMILES string of the molecule is CC1(C)c2cc(Br)ccc2-c2ncc(-c3ccccc3-c3ccccc3)cc21. The molecule has 0 bridgehead atoms. The first-order chi connectivity index (χ1) is 13.6. The Hall–Kier alpha value is -2.71. The molecule has 2 heteroatoms. The van der Waals surface area contributed by atoms with E-state index < -0.39 is 0 Å². The Bertz CT molecular complexity index is 1190. The number of rotatable bonds is 2. The van der Waals surface area contributed by atoms with E-state index in [0.717, 1.165) is 15.7 Å². The second-order valence-electron chi connectivity index (χ2n) is 7.85. The van der Waals surface area contributed by atoms with Crippen molar-refractivity contribution >= 4 is 15.9 Å². The first-order valence-electron chi connectivity index (χ1n) is 9.51. The van der Waals surface area contributed by atoms with Gasteiger partial charge in [-0.15, -0.1) is 0 Å². The Morgan fingerprint density at radius 3 is 2.11 bits per heavy atom. The summed E-state index contributed by atoms with van der Waals surface area (Å²) in [5.41, 5.74) is 9.75. The molecule has 1 nitrogen and oxygen atoms in total. The van der Waals surface area contributed by atoms with Gasteiger partial charge in [0.2, 0.25) is 0 Å². The van der Waals surface area contributed by atoms with Crippen molar-refractivity contribution in [3.05, 3.63) is 101 Å². The summed E-state index contributed by atoms with van der Waals surface area (Å²) in [5, 5.41) is 0. The van der Waals surface area contributed by atoms with Crippen LogP contribution in [0, 0.1) is 0 Å². The standard InChI is InChI=1S/C26H20BrN/c1-26(2)23-15-19(27)12-13-22(23)25-24(26)14-18(16-28-25)21-11-7-6-10-20(21)17-8-4-3-5-9-17/h3-16H,1-2H3. The molecule has 0 saturated carbocycles. The summed E-state index contributed by atoms with van der Waals surface area (Å²) in [6.45, 7) is 4.58. The highest BCUT2D eigenvalue weighted by molar-refractivity contribution is 9.10. The van der Waals surface area contributed by atoms with Gasteiger partial charge in [0.1, 0.15) is 0 Å². The van der Waals surface area contributed by atoms with Crippen molar-refractivity contribution in [2.24, 2.45) is 0 Å². The van der Waals surface area contributed by atoms with Crippen LogP contribution in [0.25, 0.3) is 33.5 Å². The van der Waals surface area contributed by atoms with Crippen molar-refractivity contribution in [3.63, 3.8) is 0 Å². The number of hydrogen-bond acceptors (Lipinski definition) is 1. The van der Waals surface area contributed by atoms with E-state index >= 15 is 0 Å². The molecule has 0 spiro atoms. The average molecular weight is 426 g/mol. The average Bonchev–Trinajstić information content (AvgIpc) is 2.95. The van der Waals surface area contributed by atoms with Crippen molar-refractivity contribution in [1.82, 2.24) is 4.98 Å². The van der Waals surface area contributed by atoms with Gasteiger partial charge in [-0.1, -0.05) is 90.4 Å². The molecule has 0 unspecified atom stereocenters. The Morgan fingerprint density at radius 1 is 0.679 bits per heavy atom. The van der Waals surface area contributed by atoms with Gasteiger partial charge >= 0.3 is 0 Å². The number of aromatic nitrogens is 1. The third-order valence-electron chi connectivity index (χ3n) is 5.79. The summed E-state index contributed by atoms with van der Waals surface area (Å²) in [4.78, 5) is 4.92. The molecule has 5 rings (SSSR count). The summed E-state index contributed by atoms with van der Waals surface area (Å²) in [5.74, 6) is 0. The number of nitrogens with zero attached hydrogens (tertiary/aromatic N) is 1. The zero-order chi connectivity index (χ0) is 19.3. The molecule has 0 fully saturated rings. The van der Waals surface area contributed by atoms with Gasteiger partial charge in [0, 0.05) is 27.2 Å². The summed E-state index contributed by atoms with van der Waals surface area (Å²) < 4.78 is 1.11. The van der Waals surface area contributed by atoms with E-state index in [4.69, 9.17) is 4.98 Å². The fourth-order valence-corrected chi connectivity index (χ4v) is 4.65. The molecule has 1 heterocycles. The lowest BCUT2D eigenvalue weighted by molar-refractivity contribution is 0.659. The van der Waals surface area contributed by atoms with Crippen LogP contribution in [0.5, 0.6) is 0 Å². The molecular weight excluding hydrogens is 406 g/mol. The van der Waals surface area contributed by atoms with Crippen LogP contribution in [0.2, 0.25) is 0 Å². The topological polar surface area (TPSA) is 12.9 Å². The second-order valence-corrected chi connectivity index (χ2v) is 8.76. The quantitative estimate of drug-likeness (QED) is 0.324. The number of benzene rings is 3. The highest BCUT2D eigenvalue weighted by Gasteiger charge is 2.36. The van der Waals surface area contributed by atoms with Crippen LogP contribution >= 0.6 is 15.9 Å². The van der Waals surface area contributed by atoms with Crippen molar-refractivity contribution in [3.8, 4) is 33.5 Å². The molecular formula is C26H20BrN. The van der Waals surface area contributed by atoms with Crippen LogP contribution in [0.4, 0.5) is 0 Å². The fourth-order valence-electron chi connectivity index (χ4n) is 4.29. The molecule has 1 aliphatic carbocycles. The second kappa shape index (κ2) is 6.42. The van der Waals surface area contributed by atoms with Gasteiger partial charge in [0.25, 0.3) is 0 Å². The van der Waals surface area contributed by atoms with Gasteiger partial charge in [-0.05, 0) is 46.0 Å². The first-order valence-corrected chi connectivity index (χ1v) is 10.3. The lowest BCUT2D eigenvalue weighted by Gasteiger charge is -2.22. The molecule has 1 aliphatic rings. The molecule has 4 aromatic rings. The minimum absolute atomic E-state index is 0.0703. The number of fused-ring (bicyclic) bond motifs is 3. The lowest BCUT2D eigenvalue weighted by atomic mass is 9.82. The van der Waals surface area contributed by atoms with Crippen LogP contribution in [-0.2, 0) is 5.41 Å². The zero-order valence-corrected chi connectivity index (χ0v) is 17.5. The van der Waals surface area contributed by atoms with E-state index in [0.29, 0.717) is 0 Å². The van der Waals surface area contributed by atoms with Gasteiger partial charge in [0.15, 0.2) is 0 Å². The smallest absolute Gasteiger partial charge is 0.0746 e. The molecule has 0 amide bonds. The van der Waals surface area contributed by atoms with Gasteiger partial charge < -0.3 is 0 Å². The Morgan fingerprint density at radius 2 is 1.36 bits per heavy atom. The highest BCUT2D eigenvalue weighted by Crippen LogP contribution is 2.49. The van der Waals surface area contributed by atoms with E-state index in [2.05, 4.69) is 109 Å². The summed E-state index contributed by atoms with van der Waals surface area (Å²) in [6, 6.07) is 28.0. The Kier molecular flexibility index (Phi) is 3.99. The van der Waals surface area contributed by atoms with Crippen LogP contribution in [0.3, 0.4) is 0 Å². The van der Waals surface area contributed by atoms with Crippen LogP contribution in [0.15, 0.2) is 89.5 Å². The normalized spacial score (nSPS) is 13.8. The van der Waals surface area contributed by atoms with Gasteiger partial charge in [-0.3, -0.25) is 4.98 Å². The monoisotopic (exact) mass is 425 g/mol. The molecule has 0 saturated heterocycles. The summed E-state index contributed by atoms with van der Waals surface area (Å²) >= 11 is 3.63. The largest absolute Gasteiger partial charge is 0.255 e. The minimum atomic E-state index is -0.0703. The maximum Gasteiger partial charge on any atom is 0.0746 e. The van der Waals surface area contributed by atoms with E-state index in [1.54, 1.807) is 0 Å². The molecule has 0 radical (unpaired) electrons. The van der Waals surface area contributed by atoms with Crippen LogP contribution in [-0.4, -0.2) is 4.98 Å². The third-order valence-corrected chi connectivity index (χ3v) is 6.29. The van der Waals surface area contributed by atoms with Crippen LogP contribution in [0.1, 0.15) is 25.0 Å². The van der Waals surface area contributed by atoms with Crippen molar-refractivity contribution < 1.29 is 0 Å². The number of pyridine rings is 1. The first kappa shape index (κ1) is 17.4. The van der Waals surface area contributed by atoms with E-state index in [9.17, 15) is 0 Å². The molecule has 3 aromatic carbocycles. The van der Waals surface area contributed by atoms with Crippen molar-refractivity contribution in [2.45, 2.75) is 19.3 Å². The van der Waals surface area contributed by atoms with Gasteiger partial charge in [0.05, 0.1) is 5.69 Å². The maximum absolute atomic E-state index is 4.92. The number of halogens is 1. The summed E-state index contributed by atoms with van der Waals surface area (Å²) in [7, 11) is 0. The maximum atomic E-state index is 4.92. The fraction of sp³-hybridized carbons (Fsp3) is 0.115. The lowest BCUT2D eigenvalue weighted by Crippen LogP contribution is -2.15. The van der Waals surface area contributed by atoms with Crippen molar-refractivity contribution in [2.75, 3.05) is 0 Å². The Balaban J connectivity index is 1.69. The summed E-state index contributed by atoms with van der Waals surface area (Å²) in [6.07, 6.45) is 2.02. The molecule has 136 valence electrons. The number of hydrogen-bond donors (Lipinski definition) is 0. The predicted molar refractivity (Wildman–Crippen MR) is 120 cm³/mol. The van der Waals surface area contributed by atoms with Crippen LogP contribution < -0.4 is 0 Å². The molecule has 1 aromatic heterocycles. The molecule has 0 aliphatic heterocycles. The molecule has 0 atom stereocenters. The Labute approximate surface area is 174 Å². The molecule has 28 heavy (non-hydrogen) atoms. The van der Waals surface area contributed by atoms with Gasteiger partial charge in [-0.25, -0.2) is 0 Å². The van der Waals surface area contributed by atoms with E-state index in [1.807, 2.05) is 6.20 Å². The van der Waals surface area contributed by atoms with Crippen molar-refractivity contribution in [1.29, 1.82) is 0 Å². The molecule has 0 N–H and O–H groups in total. The highest BCUT2D eigenvalue weighted by atomic mass is 79.9. The van der Waals surface area contributed by atoms with E-state index in [1.165, 1.54) is 33.4 Å². The third kappa shape index (κ3) is 2.63. The van der Waals surface area contributed by atoms with Gasteiger partial charge in [-0.2, -0.15) is 0 Å². The van der Waals surface area contributed by atoms with E-state index in [-0.39, 0.29) is 5.41 Å². The zero-order valence-electron chi connectivity index (χ0n) is 15.9. The predicted octanol–water partition coefficient (Wildman–Crippen LogP) is 7.48. The minimum Gasteiger partial charge on any atom is -0.255 e.